The molecule has 1 aromatic rings. The molecule has 0 saturated carbocycles. The molecule has 1 aromatic carbocycles. The van der Waals surface area contributed by atoms with E-state index in [1.165, 1.54) is 19.2 Å². The maximum Gasteiger partial charge on any atom is 0.260 e. The third-order valence-electron chi connectivity index (χ3n) is 2.64. The Bertz CT molecular complexity index is 412. The average Bonchev–Trinajstić information content (AvgIpc) is 2.38. The molecule has 0 fully saturated rings. The summed E-state index contributed by atoms with van der Waals surface area (Å²) in [6.45, 7) is 3.01. The van der Waals surface area contributed by atoms with Crippen molar-refractivity contribution in [2.24, 2.45) is 0 Å². The number of carbonyl (C=O) groups excluding carboxylic acids is 1. The lowest BCUT2D eigenvalue weighted by Gasteiger charge is -2.21. The SMILES string of the molecule is CCN(CCCBr)C(=O)c1c(F)cccc1OC. The Morgan fingerprint density at radius 1 is 1.50 bits per heavy atom. The van der Waals surface area contributed by atoms with Gasteiger partial charge in [-0.3, -0.25) is 4.79 Å². The van der Waals surface area contributed by atoms with Crippen molar-refractivity contribution in [2.75, 3.05) is 25.5 Å². The average molecular weight is 318 g/mol. The first-order chi connectivity index (χ1) is 8.65. The Morgan fingerprint density at radius 2 is 2.22 bits per heavy atom. The van der Waals surface area contributed by atoms with Crippen LogP contribution in [-0.2, 0) is 0 Å². The first kappa shape index (κ1) is 15.0. The highest BCUT2D eigenvalue weighted by molar-refractivity contribution is 9.09. The van der Waals surface area contributed by atoms with Crippen LogP contribution in [0.2, 0.25) is 0 Å². The molecule has 1 amide bonds. The lowest BCUT2D eigenvalue weighted by molar-refractivity contribution is 0.0756. The van der Waals surface area contributed by atoms with Crippen LogP contribution in [0.5, 0.6) is 5.75 Å². The Hall–Kier alpha value is -1.10. The van der Waals surface area contributed by atoms with Crippen LogP contribution >= 0.6 is 15.9 Å². The lowest BCUT2D eigenvalue weighted by Crippen LogP contribution is -2.32. The molecule has 0 aliphatic rings. The Kier molecular flexibility index (Phi) is 6.12. The first-order valence-corrected chi connectivity index (χ1v) is 6.95. The van der Waals surface area contributed by atoms with Gasteiger partial charge in [0.2, 0.25) is 0 Å². The largest absolute Gasteiger partial charge is 0.496 e. The zero-order valence-corrected chi connectivity index (χ0v) is 12.2. The van der Waals surface area contributed by atoms with Gasteiger partial charge in [0, 0.05) is 18.4 Å². The molecule has 5 heteroatoms. The number of methoxy groups -OCH3 is 1. The number of benzene rings is 1. The second-order valence-electron chi connectivity index (χ2n) is 3.74. The second kappa shape index (κ2) is 7.36. The zero-order chi connectivity index (χ0) is 13.5. The van der Waals surface area contributed by atoms with E-state index in [4.69, 9.17) is 4.74 Å². The molecule has 0 bridgehead atoms. The molecule has 0 aliphatic carbocycles. The van der Waals surface area contributed by atoms with Gasteiger partial charge < -0.3 is 9.64 Å². The third-order valence-corrected chi connectivity index (χ3v) is 3.20. The van der Waals surface area contributed by atoms with Crippen LogP contribution in [0.1, 0.15) is 23.7 Å². The number of ether oxygens (including phenoxy) is 1. The van der Waals surface area contributed by atoms with Gasteiger partial charge in [0.15, 0.2) is 0 Å². The van der Waals surface area contributed by atoms with Gasteiger partial charge in [-0.2, -0.15) is 0 Å². The minimum atomic E-state index is -0.545. The van der Waals surface area contributed by atoms with Gasteiger partial charge in [-0.25, -0.2) is 4.39 Å². The highest BCUT2D eigenvalue weighted by atomic mass is 79.9. The maximum atomic E-state index is 13.8. The molecule has 100 valence electrons. The van der Waals surface area contributed by atoms with E-state index in [1.54, 1.807) is 11.0 Å². The van der Waals surface area contributed by atoms with Crippen molar-refractivity contribution in [2.45, 2.75) is 13.3 Å². The molecule has 3 nitrogen and oxygen atoms in total. The monoisotopic (exact) mass is 317 g/mol. The van der Waals surface area contributed by atoms with Crippen LogP contribution in [0.25, 0.3) is 0 Å². The molecular weight excluding hydrogens is 301 g/mol. The van der Waals surface area contributed by atoms with E-state index in [1.807, 2.05) is 6.92 Å². The van der Waals surface area contributed by atoms with Crippen LogP contribution in [0.4, 0.5) is 4.39 Å². The molecule has 0 spiro atoms. The smallest absolute Gasteiger partial charge is 0.260 e. The van der Waals surface area contributed by atoms with Gasteiger partial charge in [-0.1, -0.05) is 22.0 Å². The van der Waals surface area contributed by atoms with Crippen molar-refractivity contribution < 1.29 is 13.9 Å². The van der Waals surface area contributed by atoms with Gasteiger partial charge in [-0.05, 0) is 25.5 Å². The minimum Gasteiger partial charge on any atom is -0.496 e. The topological polar surface area (TPSA) is 29.5 Å². The maximum absolute atomic E-state index is 13.8. The minimum absolute atomic E-state index is 0.0106. The normalized spacial score (nSPS) is 10.2. The van der Waals surface area contributed by atoms with Crippen molar-refractivity contribution in [1.82, 2.24) is 4.90 Å². The molecule has 0 radical (unpaired) electrons. The zero-order valence-electron chi connectivity index (χ0n) is 10.6. The standard InChI is InChI=1S/C13H17BrFNO2/c1-3-16(9-5-8-14)13(17)12-10(15)6-4-7-11(12)18-2/h4,6-7H,3,5,8-9H2,1-2H3. The van der Waals surface area contributed by atoms with Crippen molar-refractivity contribution in [3.05, 3.63) is 29.6 Å². The van der Waals surface area contributed by atoms with Crippen molar-refractivity contribution >= 4 is 21.8 Å². The van der Waals surface area contributed by atoms with E-state index in [2.05, 4.69) is 15.9 Å². The van der Waals surface area contributed by atoms with Crippen LogP contribution in [0.3, 0.4) is 0 Å². The number of hydrogen-bond acceptors (Lipinski definition) is 2. The summed E-state index contributed by atoms with van der Waals surface area (Å²) in [5.41, 5.74) is 0.0106. The first-order valence-electron chi connectivity index (χ1n) is 5.83. The van der Waals surface area contributed by atoms with Gasteiger partial charge in [0.05, 0.1) is 7.11 Å². The predicted molar refractivity (Wildman–Crippen MR) is 72.9 cm³/mol. The van der Waals surface area contributed by atoms with Crippen LogP contribution in [0, 0.1) is 5.82 Å². The summed E-state index contributed by atoms with van der Waals surface area (Å²) in [4.78, 5) is 13.9. The summed E-state index contributed by atoms with van der Waals surface area (Å²) in [5, 5.41) is 0.811. The number of carbonyl (C=O) groups is 1. The molecule has 0 atom stereocenters. The molecular formula is C13H17BrFNO2. The van der Waals surface area contributed by atoms with Crippen LogP contribution < -0.4 is 4.74 Å². The van der Waals surface area contributed by atoms with E-state index >= 15 is 0 Å². The fourth-order valence-corrected chi connectivity index (χ4v) is 1.94. The molecule has 18 heavy (non-hydrogen) atoms. The summed E-state index contributed by atoms with van der Waals surface area (Å²) in [5.74, 6) is -0.595. The van der Waals surface area contributed by atoms with Crippen molar-refractivity contribution in [3.8, 4) is 5.75 Å². The predicted octanol–water partition coefficient (Wildman–Crippen LogP) is 3.08. The Labute approximate surface area is 115 Å². The second-order valence-corrected chi connectivity index (χ2v) is 4.54. The molecule has 0 N–H and O–H groups in total. The van der Waals surface area contributed by atoms with E-state index in [0.717, 1.165) is 11.8 Å². The van der Waals surface area contributed by atoms with Gasteiger partial charge >= 0.3 is 0 Å². The van der Waals surface area contributed by atoms with E-state index in [0.29, 0.717) is 13.1 Å². The van der Waals surface area contributed by atoms with Gasteiger partial charge in [0.1, 0.15) is 17.1 Å². The highest BCUT2D eigenvalue weighted by Gasteiger charge is 2.21. The molecule has 0 heterocycles. The van der Waals surface area contributed by atoms with E-state index < -0.39 is 5.82 Å². The van der Waals surface area contributed by atoms with Crippen LogP contribution in [-0.4, -0.2) is 36.3 Å². The highest BCUT2D eigenvalue weighted by Crippen LogP contribution is 2.23. The van der Waals surface area contributed by atoms with Crippen molar-refractivity contribution in [3.63, 3.8) is 0 Å². The Balaban J connectivity index is 3.00. The summed E-state index contributed by atoms with van der Waals surface area (Å²) >= 11 is 3.32. The number of halogens is 2. The quantitative estimate of drug-likeness (QED) is 0.755. The lowest BCUT2D eigenvalue weighted by atomic mass is 10.1. The summed E-state index contributed by atoms with van der Waals surface area (Å²) in [7, 11) is 1.43. The third kappa shape index (κ3) is 3.45. The number of amides is 1. The van der Waals surface area contributed by atoms with Crippen LogP contribution in [0.15, 0.2) is 18.2 Å². The fraction of sp³-hybridized carbons (Fsp3) is 0.462. The molecule has 0 unspecified atom stereocenters. The number of nitrogens with zero attached hydrogens (tertiary/aromatic N) is 1. The molecule has 1 rings (SSSR count). The molecule has 0 saturated heterocycles. The Morgan fingerprint density at radius 3 is 2.78 bits per heavy atom. The van der Waals surface area contributed by atoms with Gasteiger partial charge in [-0.15, -0.1) is 0 Å². The van der Waals surface area contributed by atoms with E-state index in [9.17, 15) is 9.18 Å². The van der Waals surface area contributed by atoms with Gasteiger partial charge in [0.25, 0.3) is 5.91 Å². The molecule has 0 aromatic heterocycles. The number of alkyl halides is 1. The summed E-state index contributed by atoms with van der Waals surface area (Å²) < 4.78 is 18.8. The number of hydrogen-bond donors (Lipinski definition) is 0. The number of rotatable bonds is 6. The van der Waals surface area contributed by atoms with Crippen molar-refractivity contribution in [1.29, 1.82) is 0 Å². The summed E-state index contributed by atoms with van der Waals surface area (Å²) in [6.07, 6.45) is 0.830. The summed E-state index contributed by atoms with van der Waals surface area (Å²) in [6, 6.07) is 4.39. The molecule has 0 aliphatic heterocycles. The van der Waals surface area contributed by atoms with E-state index in [-0.39, 0.29) is 17.2 Å². The fourth-order valence-electron chi connectivity index (χ4n) is 1.69.